The van der Waals surface area contributed by atoms with Gasteiger partial charge in [-0.05, 0) is 32.9 Å². The highest BCUT2D eigenvalue weighted by Gasteiger charge is 2.25. The summed E-state index contributed by atoms with van der Waals surface area (Å²) in [5.41, 5.74) is -0.653. The van der Waals surface area contributed by atoms with Gasteiger partial charge in [-0.1, -0.05) is 0 Å². The van der Waals surface area contributed by atoms with Crippen molar-refractivity contribution in [2.24, 2.45) is 0 Å². The van der Waals surface area contributed by atoms with Gasteiger partial charge in [-0.25, -0.2) is 17.2 Å². The van der Waals surface area contributed by atoms with Crippen molar-refractivity contribution in [2.75, 3.05) is 6.54 Å². The molecule has 112 valence electrons. The van der Waals surface area contributed by atoms with Crippen LogP contribution in [0.3, 0.4) is 0 Å². The molecule has 0 saturated carbocycles. The third-order valence-electron chi connectivity index (χ3n) is 2.74. The zero-order chi connectivity index (χ0) is 15.7. The van der Waals surface area contributed by atoms with E-state index >= 15 is 0 Å². The summed E-state index contributed by atoms with van der Waals surface area (Å²) < 4.78 is 49.5. The van der Waals surface area contributed by atoms with Gasteiger partial charge < -0.3 is 4.90 Å². The smallest absolute Gasteiger partial charge is 0.261 e. The van der Waals surface area contributed by atoms with E-state index in [4.69, 9.17) is 10.7 Å². The number of hydrogen-bond acceptors (Lipinski definition) is 3. The minimum Gasteiger partial charge on any atom is -0.336 e. The molecule has 0 aromatic heterocycles. The fraction of sp³-hybridized carbons (Fsp3) is 0.417. The fourth-order valence-corrected chi connectivity index (χ4v) is 2.53. The molecule has 1 rings (SSSR count). The molecule has 0 aliphatic carbocycles. The molecule has 20 heavy (non-hydrogen) atoms. The van der Waals surface area contributed by atoms with Crippen LogP contribution in [0.15, 0.2) is 17.0 Å². The zero-order valence-corrected chi connectivity index (χ0v) is 12.7. The molecule has 0 heterocycles. The van der Waals surface area contributed by atoms with Crippen molar-refractivity contribution in [1.82, 2.24) is 4.90 Å². The molecule has 0 radical (unpaired) electrons. The number of carbonyl (C=O) groups excluding carboxylic acids is 1. The second-order valence-electron chi connectivity index (χ2n) is 4.39. The van der Waals surface area contributed by atoms with Gasteiger partial charge in [0.25, 0.3) is 15.0 Å². The van der Waals surface area contributed by atoms with Crippen LogP contribution in [0, 0.1) is 11.6 Å². The molecule has 0 fully saturated rings. The minimum atomic E-state index is -4.26. The maximum absolute atomic E-state index is 13.7. The summed E-state index contributed by atoms with van der Waals surface area (Å²) in [6, 6.07) is 0.944. The van der Waals surface area contributed by atoms with Gasteiger partial charge in [0.05, 0.1) is 10.5 Å². The first kappa shape index (κ1) is 16.8. The van der Waals surface area contributed by atoms with Crippen molar-refractivity contribution < 1.29 is 22.0 Å². The maximum atomic E-state index is 13.7. The van der Waals surface area contributed by atoms with Crippen LogP contribution in [0.5, 0.6) is 0 Å². The highest BCUT2D eigenvalue weighted by Crippen LogP contribution is 2.23. The molecule has 1 amide bonds. The predicted molar refractivity (Wildman–Crippen MR) is 71.2 cm³/mol. The largest absolute Gasteiger partial charge is 0.336 e. The van der Waals surface area contributed by atoms with Crippen LogP contribution in [0.2, 0.25) is 0 Å². The summed E-state index contributed by atoms with van der Waals surface area (Å²) in [5, 5.41) is 0. The van der Waals surface area contributed by atoms with Crippen LogP contribution in [0.4, 0.5) is 8.78 Å². The van der Waals surface area contributed by atoms with Gasteiger partial charge in [0.15, 0.2) is 11.6 Å². The number of halogens is 3. The number of benzene rings is 1. The summed E-state index contributed by atoms with van der Waals surface area (Å²) in [5.74, 6) is -3.62. The Morgan fingerprint density at radius 1 is 1.35 bits per heavy atom. The Morgan fingerprint density at radius 2 is 1.90 bits per heavy atom. The van der Waals surface area contributed by atoms with Crippen LogP contribution in [0.25, 0.3) is 0 Å². The van der Waals surface area contributed by atoms with E-state index in [-0.39, 0.29) is 12.6 Å². The molecule has 0 unspecified atom stereocenters. The number of rotatable bonds is 4. The topological polar surface area (TPSA) is 54.5 Å². The molecule has 4 nitrogen and oxygen atoms in total. The minimum absolute atomic E-state index is 0.244. The quantitative estimate of drug-likeness (QED) is 0.800. The predicted octanol–water partition coefficient (Wildman–Crippen LogP) is 2.76. The number of carbonyl (C=O) groups is 1. The number of hydrogen-bond donors (Lipinski definition) is 0. The Kier molecular flexibility index (Phi) is 5.10. The Hall–Kier alpha value is -1.21. The van der Waals surface area contributed by atoms with Gasteiger partial charge in [-0.15, -0.1) is 0 Å². The van der Waals surface area contributed by atoms with E-state index < -0.39 is 37.1 Å². The summed E-state index contributed by atoms with van der Waals surface area (Å²) in [6.45, 7) is 5.36. The van der Waals surface area contributed by atoms with E-state index in [9.17, 15) is 22.0 Å². The first-order valence-corrected chi connectivity index (χ1v) is 8.15. The molecule has 0 aliphatic rings. The van der Waals surface area contributed by atoms with E-state index in [1.54, 1.807) is 20.8 Å². The highest BCUT2D eigenvalue weighted by molar-refractivity contribution is 8.13. The lowest BCUT2D eigenvalue weighted by molar-refractivity contribution is 0.0710. The second kappa shape index (κ2) is 6.05. The SMILES string of the molecule is CCN(C(=O)c1cc(S(=O)(=O)Cl)cc(F)c1F)C(C)C. The maximum Gasteiger partial charge on any atom is 0.261 e. The summed E-state index contributed by atoms with van der Waals surface area (Å²) >= 11 is 0. The zero-order valence-electron chi connectivity index (χ0n) is 11.2. The van der Waals surface area contributed by atoms with Gasteiger partial charge in [-0.3, -0.25) is 4.79 Å². The van der Waals surface area contributed by atoms with Crippen molar-refractivity contribution in [1.29, 1.82) is 0 Å². The molecule has 0 bridgehead atoms. The van der Waals surface area contributed by atoms with Crippen molar-refractivity contribution in [3.8, 4) is 0 Å². The van der Waals surface area contributed by atoms with E-state index in [2.05, 4.69) is 0 Å². The van der Waals surface area contributed by atoms with E-state index in [0.717, 1.165) is 6.07 Å². The van der Waals surface area contributed by atoms with Gasteiger partial charge >= 0.3 is 0 Å². The number of amides is 1. The Bertz CT molecular complexity index is 632. The van der Waals surface area contributed by atoms with Crippen molar-refractivity contribution in [3.05, 3.63) is 29.3 Å². The lowest BCUT2D eigenvalue weighted by Gasteiger charge is -2.25. The highest BCUT2D eigenvalue weighted by atomic mass is 35.7. The van der Waals surface area contributed by atoms with Gasteiger partial charge in [0.2, 0.25) is 0 Å². The van der Waals surface area contributed by atoms with Crippen molar-refractivity contribution in [2.45, 2.75) is 31.7 Å². The normalized spacial score (nSPS) is 11.8. The molecule has 0 spiro atoms. The first-order chi connectivity index (χ1) is 9.09. The van der Waals surface area contributed by atoms with Crippen molar-refractivity contribution >= 4 is 25.6 Å². The van der Waals surface area contributed by atoms with Crippen LogP contribution in [0.1, 0.15) is 31.1 Å². The molecular weight excluding hydrogens is 312 g/mol. The monoisotopic (exact) mass is 325 g/mol. The van der Waals surface area contributed by atoms with Gasteiger partial charge in [-0.2, -0.15) is 0 Å². The Balaban J connectivity index is 3.45. The molecule has 0 N–H and O–H groups in total. The molecular formula is C12H14ClF2NO3S. The molecule has 1 aromatic carbocycles. The molecule has 1 aromatic rings. The molecule has 8 heteroatoms. The first-order valence-electron chi connectivity index (χ1n) is 5.84. The Labute approximate surface area is 120 Å². The average Bonchev–Trinajstić information content (AvgIpc) is 2.31. The summed E-state index contributed by atoms with van der Waals surface area (Å²) in [4.78, 5) is 12.8. The van der Waals surface area contributed by atoms with Gasteiger partial charge in [0, 0.05) is 23.3 Å². The van der Waals surface area contributed by atoms with Crippen LogP contribution < -0.4 is 0 Å². The Morgan fingerprint density at radius 3 is 2.30 bits per heavy atom. The number of nitrogens with zero attached hydrogens (tertiary/aromatic N) is 1. The third-order valence-corrected chi connectivity index (χ3v) is 4.07. The third kappa shape index (κ3) is 3.46. The van der Waals surface area contributed by atoms with E-state index in [1.807, 2.05) is 0 Å². The molecule has 0 atom stereocenters. The van der Waals surface area contributed by atoms with Crippen LogP contribution >= 0.6 is 10.7 Å². The van der Waals surface area contributed by atoms with Gasteiger partial charge in [0.1, 0.15) is 0 Å². The van der Waals surface area contributed by atoms with Crippen LogP contribution in [-0.4, -0.2) is 31.8 Å². The van der Waals surface area contributed by atoms with Crippen molar-refractivity contribution in [3.63, 3.8) is 0 Å². The van der Waals surface area contributed by atoms with Crippen LogP contribution in [-0.2, 0) is 9.05 Å². The molecule has 0 aliphatic heterocycles. The molecule has 0 saturated heterocycles. The average molecular weight is 326 g/mol. The summed E-state index contributed by atoms with van der Waals surface area (Å²) in [7, 11) is 0.838. The lowest BCUT2D eigenvalue weighted by atomic mass is 10.1. The van der Waals surface area contributed by atoms with E-state index in [0.29, 0.717) is 6.07 Å². The second-order valence-corrected chi connectivity index (χ2v) is 6.96. The standard InChI is InChI=1S/C12H14ClF2NO3S/c1-4-16(7(2)3)12(17)9-5-8(20(13,18)19)6-10(14)11(9)15/h5-7H,4H2,1-3H3. The lowest BCUT2D eigenvalue weighted by Crippen LogP contribution is -2.37. The van der Waals surface area contributed by atoms with E-state index in [1.165, 1.54) is 4.90 Å². The fourth-order valence-electron chi connectivity index (χ4n) is 1.76. The summed E-state index contributed by atoms with van der Waals surface area (Å²) in [6.07, 6.45) is 0.